The first-order valence-corrected chi connectivity index (χ1v) is 47.5. The molecule has 0 spiro atoms. The Balaban J connectivity index is 1.42. The first kappa shape index (κ1) is 121. The number of amides is 12. The monoisotopic (exact) mass is 2050 g/mol. The zero-order valence-electron chi connectivity index (χ0n) is 77.9. The SMILES string of the molecule is CC(C)C[C@H](NC(=O)[C@H](Cc1ccccc1)NC(=O)c1ccc(CSSC[C@@H](C)NC(=O)[C@H](CCC(=O)NC[C@H](O)[C@@H](O)[C@H](O)[C@H](O)CO)NC(=O)[C@H](CCC(=O)O)NC(=O)[C@H](CCC(=O)NC[C@H](O)[C@@H](O)[C@H](O)[C@H](O)CO)NC(=O)[C@H](CCC(=O)O)NC(=O)[C@H](CCC(=O)NC[C@H](O)[C@@H](O)[C@H](O)[C@H](O)CO)NC(=O)CC[C@@H](C)NC(=O)c2ccc(NCc3cnc4nc(N)[nH]c(=O)c4n3)cc2)nc1)B(O)O. The van der Waals surface area contributed by atoms with E-state index in [9.17, 15) is 169 Å². The van der Waals surface area contributed by atoms with Crippen LogP contribution in [0.3, 0.4) is 0 Å². The number of aromatic nitrogens is 5. The van der Waals surface area contributed by atoms with E-state index in [4.69, 9.17) is 5.73 Å². The van der Waals surface area contributed by atoms with Crippen LogP contribution >= 0.6 is 21.6 Å². The molecule has 12 amide bonds. The number of anilines is 2. The second-order valence-corrected chi connectivity index (χ2v) is 36.4. The van der Waals surface area contributed by atoms with Crippen molar-refractivity contribution in [1.82, 2.24) is 88.7 Å². The number of aliphatic carboxylic acids is 2. The number of aromatic amines is 1. The van der Waals surface area contributed by atoms with E-state index in [1.807, 2.05) is 13.8 Å². The van der Waals surface area contributed by atoms with Crippen LogP contribution in [-0.2, 0) is 76.3 Å². The summed E-state index contributed by atoms with van der Waals surface area (Å²) in [6, 6.07) is 4.71. The fourth-order valence-corrected chi connectivity index (χ4v) is 15.6. The first-order valence-electron chi connectivity index (χ1n) is 45.0. The summed E-state index contributed by atoms with van der Waals surface area (Å²) < 4.78 is 0. The van der Waals surface area contributed by atoms with Crippen LogP contribution in [0.25, 0.3) is 11.2 Å². The average Bonchev–Trinajstić information content (AvgIpc) is 0.810. The van der Waals surface area contributed by atoms with Gasteiger partial charge in [-0.05, 0) is 107 Å². The van der Waals surface area contributed by atoms with Crippen LogP contribution in [0.2, 0.25) is 0 Å². The van der Waals surface area contributed by atoms with Gasteiger partial charge >= 0.3 is 19.1 Å². The standard InChI is InChI=1S/C86H128BN19O34S2/c1-41(2)28-62(87(139)140)104-84(137)55(29-44-8-6-5-7-9-44)103-78(131)46-13-16-48(89-30-46)40-142-141-39-43(4)96-79(132)51(18-24-64(117)92-34-57(111)71(125)74(128)60(114)37-108)99-82(135)54(21-27-68(122)123)102-81(134)52(19-25-65(118)93-35-58(112)72(126)75(129)61(115)38-109)100-83(136)53(20-26-67(120)121)101-80(133)50(17-23-63(116)91-33-56(110)70(124)73(127)59(113)36-107)98-66(119)22-10-42(3)95-77(130)45-11-14-47(15-12-45)90-31-49-32-94-76-69(97-49)85(138)106-86(88)105-76/h5-9,11-16,30,32,41-43,50-62,70-75,90,107-115,124-129,139-140H,10,17-29,31,33-40H2,1-4H3,(H,91,116)(H,92,117)(H,93,118)(H,95,130)(H,96,132)(H,98,119)(H,99,135)(H,100,136)(H,101,133)(H,102,134)(H,103,131)(H,104,137)(H,120,121)(H,122,123)(H3,88,94,105,106,138)/t42-,43-,50+,51+,52+,53+,54+,55+,56+,57+,58+,59-,60-,61-,62+,70-,71-,72-,73-,74-,75-/m1/s1. The number of carbonyl (C=O) groups excluding carboxylic acids is 12. The molecular weight excluding hydrogens is 1920 g/mol. The van der Waals surface area contributed by atoms with Crippen LogP contribution < -0.4 is 80.4 Å². The molecule has 0 aliphatic carbocycles. The van der Waals surface area contributed by atoms with Crippen molar-refractivity contribution in [1.29, 1.82) is 0 Å². The second-order valence-electron chi connectivity index (χ2n) is 33.9. The van der Waals surface area contributed by atoms with Crippen molar-refractivity contribution in [2.45, 2.75) is 257 Å². The third-order valence-corrected chi connectivity index (χ3v) is 24.1. The number of nitrogens with one attached hydrogen (secondary N) is 14. The van der Waals surface area contributed by atoms with E-state index in [-0.39, 0.29) is 71.5 Å². The largest absolute Gasteiger partial charge is 0.481 e. The number of H-pyrrole nitrogens is 1. The quantitative estimate of drug-likeness (QED) is 0.00976. The number of nitrogen functional groups attached to an aromatic ring is 1. The molecule has 0 saturated heterocycles. The van der Waals surface area contributed by atoms with Gasteiger partial charge in [-0.2, -0.15) is 4.98 Å². The number of carboxylic acids is 2. The number of benzene rings is 2. The van der Waals surface area contributed by atoms with Crippen molar-refractivity contribution in [3.63, 3.8) is 0 Å². The summed E-state index contributed by atoms with van der Waals surface area (Å²) in [5.41, 5.74) is 7.13. The Labute approximate surface area is 820 Å². The van der Waals surface area contributed by atoms with Gasteiger partial charge in [-0.25, -0.2) is 9.97 Å². The summed E-state index contributed by atoms with van der Waals surface area (Å²) in [6.45, 7) is 0.939. The van der Waals surface area contributed by atoms with Gasteiger partial charge in [0.1, 0.15) is 91.2 Å². The van der Waals surface area contributed by atoms with Crippen molar-refractivity contribution < 1.29 is 164 Å². The molecule has 56 heteroatoms. The molecule has 3 aromatic heterocycles. The highest BCUT2D eigenvalue weighted by Crippen LogP contribution is 2.27. The van der Waals surface area contributed by atoms with E-state index >= 15 is 0 Å². The second kappa shape index (κ2) is 61.8. The number of carboxylic acid groups (broad SMARTS) is 2. The number of aliphatic hydroxyl groups excluding tert-OH is 15. The van der Waals surface area contributed by atoms with Crippen LogP contribution in [-0.4, -0.2) is 384 Å². The number of nitrogens with two attached hydrogens (primary N) is 1. The van der Waals surface area contributed by atoms with Gasteiger partial charge in [0.2, 0.25) is 65.0 Å². The van der Waals surface area contributed by atoms with Gasteiger partial charge < -0.3 is 172 Å². The Kier molecular flexibility index (Phi) is 52.5. The number of hydrogen-bond acceptors (Lipinski definition) is 40. The highest BCUT2D eigenvalue weighted by Gasteiger charge is 2.39. The minimum Gasteiger partial charge on any atom is -0.481 e. The molecule has 0 fully saturated rings. The number of hydrogen-bond donors (Lipinski definition) is 34. The van der Waals surface area contributed by atoms with Gasteiger partial charge in [0, 0.05) is 106 Å². The smallest absolute Gasteiger partial charge is 0.475 e. The van der Waals surface area contributed by atoms with Gasteiger partial charge in [0.15, 0.2) is 11.2 Å². The van der Waals surface area contributed by atoms with Crippen molar-refractivity contribution in [3.05, 3.63) is 118 Å². The Morgan fingerprint density at radius 2 is 0.838 bits per heavy atom. The fraction of sp³-hybridized carbons (Fsp3) is 0.570. The van der Waals surface area contributed by atoms with Gasteiger partial charge in [-0.1, -0.05) is 65.8 Å². The topological polar surface area (TPSA) is 890 Å². The highest BCUT2D eigenvalue weighted by molar-refractivity contribution is 8.76. The molecule has 3 heterocycles. The lowest BCUT2D eigenvalue weighted by atomic mass is 9.75. The number of rotatable bonds is 66. The molecule has 35 N–H and O–H groups in total. The normalized spacial score (nSPS) is 15.9. The van der Waals surface area contributed by atoms with Gasteiger partial charge in [-0.15, -0.1) is 0 Å². The Hall–Kier alpha value is -11.9. The van der Waals surface area contributed by atoms with Crippen molar-refractivity contribution >= 4 is 134 Å². The number of nitrogens with zero attached hydrogens (tertiary/aromatic N) is 4. The molecule has 786 valence electrons. The predicted octanol–water partition coefficient (Wildman–Crippen LogP) is -10.7. The van der Waals surface area contributed by atoms with E-state index in [1.165, 1.54) is 72.1 Å². The molecule has 5 aromatic rings. The molecule has 53 nitrogen and oxygen atoms in total. The van der Waals surface area contributed by atoms with E-state index in [0.29, 0.717) is 22.6 Å². The van der Waals surface area contributed by atoms with E-state index < -0.39 is 333 Å². The zero-order chi connectivity index (χ0) is 106. The number of aliphatic hydroxyl groups is 15. The summed E-state index contributed by atoms with van der Waals surface area (Å²) in [6.07, 6.45) is -31.3. The maximum atomic E-state index is 15.0. The summed E-state index contributed by atoms with van der Waals surface area (Å²) in [7, 11) is 0.511. The third kappa shape index (κ3) is 42.7. The molecule has 21 atom stereocenters. The van der Waals surface area contributed by atoms with Crippen molar-refractivity contribution in [3.8, 4) is 0 Å². The first-order chi connectivity index (χ1) is 67.1. The van der Waals surface area contributed by atoms with Crippen molar-refractivity contribution in [2.75, 3.05) is 56.3 Å². The molecule has 0 radical (unpaired) electrons. The van der Waals surface area contributed by atoms with Crippen LogP contribution in [0.1, 0.15) is 149 Å². The zero-order valence-corrected chi connectivity index (χ0v) is 79.5. The minimum absolute atomic E-state index is 0.0207. The average molecular weight is 2050 g/mol. The van der Waals surface area contributed by atoms with E-state index in [1.54, 1.807) is 42.5 Å². The van der Waals surface area contributed by atoms with Gasteiger partial charge in [-0.3, -0.25) is 81.9 Å². The minimum atomic E-state index is -2.23. The summed E-state index contributed by atoms with van der Waals surface area (Å²) in [4.78, 5) is 225. The summed E-state index contributed by atoms with van der Waals surface area (Å²) in [5, 5.41) is 223. The maximum absolute atomic E-state index is 15.0. The molecule has 5 rings (SSSR count). The van der Waals surface area contributed by atoms with Crippen LogP contribution in [0, 0.1) is 5.92 Å². The third-order valence-electron chi connectivity index (χ3n) is 21.6. The molecule has 2 aromatic carbocycles. The lowest BCUT2D eigenvalue weighted by Crippen LogP contribution is -2.59. The molecule has 0 saturated carbocycles. The maximum Gasteiger partial charge on any atom is 0.475 e. The van der Waals surface area contributed by atoms with Gasteiger partial charge in [0.25, 0.3) is 17.4 Å². The molecular formula is C86H128BN19O34S2. The van der Waals surface area contributed by atoms with Crippen LogP contribution in [0.5, 0.6) is 0 Å². The number of pyridine rings is 1. The Morgan fingerprint density at radius 1 is 0.423 bits per heavy atom. The van der Waals surface area contributed by atoms with E-state index in [2.05, 4.69) is 94.0 Å². The van der Waals surface area contributed by atoms with Gasteiger partial charge in [0.05, 0.1) is 73.8 Å². The fourth-order valence-electron chi connectivity index (χ4n) is 13.4. The lowest BCUT2D eigenvalue weighted by molar-refractivity contribution is -0.139. The molecule has 0 aliphatic rings. The number of fused-ring (bicyclic) bond motifs is 1. The molecule has 142 heavy (non-hydrogen) atoms. The molecule has 0 unspecified atom stereocenters. The lowest BCUT2D eigenvalue weighted by Gasteiger charge is -2.28. The number of carbonyl (C=O) groups is 14. The Bertz CT molecular complexity index is 4980. The van der Waals surface area contributed by atoms with E-state index in [0.717, 1.165) is 0 Å². The summed E-state index contributed by atoms with van der Waals surface area (Å²) in [5.74, 6) is -17.1. The predicted molar refractivity (Wildman–Crippen MR) is 504 cm³/mol. The highest BCUT2D eigenvalue weighted by atomic mass is 33.1. The summed E-state index contributed by atoms with van der Waals surface area (Å²) >= 11 is 0. The van der Waals surface area contributed by atoms with Crippen molar-refractivity contribution in [2.24, 2.45) is 5.92 Å². The Morgan fingerprint density at radius 3 is 1.27 bits per heavy atom. The molecule has 0 bridgehead atoms. The molecule has 0 aliphatic heterocycles. The van der Waals surface area contributed by atoms with Crippen LogP contribution in [0.15, 0.2) is 83.9 Å². The van der Waals surface area contributed by atoms with Crippen LogP contribution in [0.4, 0.5) is 11.6 Å².